The van der Waals surface area contributed by atoms with Crippen LogP contribution in [0, 0.1) is 12.7 Å². The van der Waals surface area contributed by atoms with E-state index in [-0.39, 0.29) is 23.8 Å². The molecule has 4 N–H and O–H groups in total. The summed E-state index contributed by atoms with van der Waals surface area (Å²) in [7, 11) is 0. The second-order valence-corrected chi connectivity index (χ2v) is 8.61. The quantitative estimate of drug-likeness (QED) is 0.438. The number of unbranched alkanes of at least 4 members (excludes halogenated alkanes) is 1. The Bertz CT molecular complexity index is 1160. The van der Waals surface area contributed by atoms with Gasteiger partial charge in [0.1, 0.15) is 17.2 Å². The summed E-state index contributed by atoms with van der Waals surface area (Å²) >= 11 is 0. The number of benzene rings is 1. The van der Waals surface area contributed by atoms with Crippen molar-refractivity contribution in [2.75, 3.05) is 44.2 Å². The van der Waals surface area contributed by atoms with E-state index in [1.165, 1.54) is 12.1 Å². The van der Waals surface area contributed by atoms with Crippen LogP contribution >= 0.6 is 0 Å². The smallest absolute Gasteiger partial charge is 0.274 e. The number of carbonyl (C=O) groups is 1. The molecule has 34 heavy (non-hydrogen) atoms. The highest BCUT2D eigenvalue weighted by Gasteiger charge is 2.25. The fourth-order valence-electron chi connectivity index (χ4n) is 4.28. The molecule has 1 fully saturated rings. The number of fused-ring (bicyclic) bond motifs is 1. The van der Waals surface area contributed by atoms with Crippen molar-refractivity contribution in [3.8, 4) is 5.75 Å². The minimum atomic E-state index is -0.504. The zero-order valence-corrected chi connectivity index (χ0v) is 19.4. The first-order valence-corrected chi connectivity index (χ1v) is 11.7. The predicted octanol–water partition coefficient (Wildman–Crippen LogP) is 2.57. The molecule has 8 nitrogen and oxygen atoms in total. The summed E-state index contributed by atoms with van der Waals surface area (Å²) < 4.78 is 13.4. The number of anilines is 1. The number of carbonyl (C=O) groups excluding carboxylic acids is 1. The maximum Gasteiger partial charge on any atom is 0.274 e. The number of nitrogens with two attached hydrogens (primary N) is 1. The number of aromatic nitrogens is 2. The molecule has 2 aromatic heterocycles. The number of nitrogens with one attached hydrogen (secondary N) is 1. The largest absolute Gasteiger partial charge is 0.504 e. The number of aromatic hydroxyl groups is 1. The van der Waals surface area contributed by atoms with Gasteiger partial charge in [0.2, 0.25) is 0 Å². The molecule has 4 rings (SSSR count). The van der Waals surface area contributed by atoms with Gasteiger partial charge in [-0.1, -0.05) is 6.07 Å². The second kappa shape index (κ2) is 10.8. The minimum Gasteiger partial charge on any atom is -0.504 e. The molecule has 1 aliphatic heterocycles. The molecule has 0 atom stereocenters. The van der Waals surface area contributed by atoms with E-state index in [4.69, 9.17) is 5.73 Å². The van der Waals surface area contributed by atoms with E-state index < -0.39 is 5.91 Å². The van der Waals surface area contributed by atoms with Crippen molar-refractivity contribution < 1.29 is 14.3 Å². The maximum atomic E-state index is 13.4. The van der Waals surface area contributed by atoms with Gasteiger partial charge in [-0.3, -0.25) is 14.7 Å². The van der Waals surface area contributed by atoms with Gasteiger partial charge < -0.3 is 21.1 Å². The topological polar surface area (TPSA) is 108 Å². The third-order valence-corrected chi connectivity index (χ3v) is 6.27. The van der Waals surface area contributed by atoms with Crippen LogP contribution in [0.25, 0.3) is 10.9 Å². The summed E-state index contributed by atoms with van der Waals surface area (Å²) in [5.74, 6) is -0.425. The van der Waals surface area contributed by atoms with Crippen molar-refractivity contribution in [2.24, 2.45) is 5.73 Å². The van der Waals surface area contributed by atoms with Gasteiger partial charge in [0.05, 0.1) is 0 Å². The standard InChI is InChI=1S/C25H31FN6O2/c1-17-15-19(26)7-6-18(17)16-29-25(34)22-23(33)21-20(5-4-9-28-21)24(30-22)32-13-11-31(12-14-32)10-3-2-8-27/h4-7,9,15,33H,2-3,8,10-14,16,27H2,1H3,(H,29,34). The van der Waals surface area contributed by atoms with E-state index >= 15 is 0 Å². The number of rotatable bonds is 8. The molecule has 0 unspecified atom stereocenters. The number of aryl methyl sites for hydroxylation is 1. The molecule has 1 saturated heterocycles. The average molecular weight is 467 g/mol. The van der Waals surface area contributed by atoms with Gasteiger partial charge in [0.15, 0.2) is 11.4 Å². The first-order chi connectivity index (χ1) is 16.5. The van der Waals surface area contributed by atoms with Crippen LogP contribution in [-0.4, -0.2) is 65.2 Å². The van der Waals surface area contributed by atoms with Crippen molar-refractivity contribution in [2.45, 2.75) is 26.3 Å². The number of hydrogen-bond acceptors (Lipinski definition) is 7. The van der Waals surface area contributed by atoms with Gasteiger partial charge in [0, 0.05) is 44.3 Å². The van der Waals surface area contributed by atoms with Crippen LogP contribution in [0.1, 0.15) is 34.5 Å². The van der Waals surface area contributed by atoms with Gasteiger partial charge >= 0.3 is 0 Å². The van der Waals surface area contributed by atoms with Crippen molar-refractivity contribution in [3.05, 3.63) is 59.2 Å². The molecule has 1 amide bonds. The Kier molecular flexibility index (Phi) is 7.54. The van der Waals surface area contributed by atoms with Gasteiger partial charge in [-0.05, 0) is 68.2 Å². The van der Waals surface area contributed by atoms with E-state index in [0.717, 1.165) is 56.7 Å². The lowest BCUT2D eigenvalue weighted by Crippen LogP contribution is -2.47. The Labute approximate surface area is 198 Å². The van der Waals surface area contributed by atoms with Crippen LogP contribution < -0.4 is 16.0 Å². The average Bonchev–Trinajstić information content (AvgIpc) is 2.84. The fraction of sp³-hybridized carbons (Fsp3) is 0.400. The Morgan fingerprint density at radius 1 is 1.21 bits per heavy atom. The lowest BCUT2D eigenvalue weighted by molar-refractivity contribution is 0.0943. The highest BCUT2D eigenvalue weighted by atomic mass is 19.1. The Morgan fingerprint density at radius 3 is 2.74 bits per heavy atom. The number of pyridine rings is 2. The number of nitrogens with zero attached hydrogens (tertiary/aromatic N) is 4. The van der Waals surface area contributed by atoms with Crippen LogP contribution in [0.15, 0.2) is 36.5 Å². The molecule has 180 valence electrons. The van der Waals surface area contributed by atoms with E-state index in [1.54, 1.807) is 25.3 Å². The highest BCUT2D eigenvalue weighted by molar-refractivity contribution is 6.03. The molecule has 9 heteroatoms. The van der Waals surface area contributed by atoms with Gasteiger partial charge in [-0.25, -0.2) is 9.37 Å². The molecule has 1 aliphatic rings. The van der Waals surface area contributed by atoms with Crippen LogP contribution in [0.3, 0.4) is 0 Å². The van der Waals surface area contributed by atoms with Crippen molar-refractivity contribution in [3.63, 3.8) is 0 Å². The summed E-state index contributed by atoms with van der Waals surface area (Å²) in [5, 5.41) is 14.3. The maximum absolute atomic E-state index is 13.4. The zero-order valence-electron chi connectivity index (χ0n) is 19.4. The summed E-state index contributed by atoms with van der Waals surface area (Å²) in [4.78, 5) is 26.5. The van der Waals surface area contributed by atoms with E-state index in [1.807, 2.05) is 6.07 Å². The summed E-state index contributed by atoms with van der Waals surface area (Å²) in [5.41, 5.74) is 7.42. The Hall–Kier alpha value is -3.30. The van der Waals surface area contributed by atoms with Gasteiger partial charge in [0.25, 0.3) is 5.91 Å². The minimum absolute atomic E-state index is 0.0636. The normalized spacial score (nSPS) is 14.5. The van der Waals surface area contributed by atoms with Gasteiger partial charge in [-0.2, -0.15) is 0 Å². The van der Waals surface area contributed by atoms with Crippen molar-refractivity contribution >= 4 is 22.6 Å². The molecule has 0 bridgehead atoms. The zero-order chi connectivity index (χ0) is 24.1. The summed E-state index contributed by atoms with van der Waals surface area (Å²) in [6.45, 7) is 7.02. The highest BCUT2D eigenvalue weighted by Crippen LogP contribution is 2.33. The molecule has 3 aromatic rings. The molecule has 1 aromatic carbocycles. The van der Waals surface area contributed by atoms with Crippen LogP contribution in [-0.2, 0) is 6.54 Å². The molecule has 0 spiro atoms. The summed E-state index contributed by atoms with van der Waals surface area (Å²) in [6, 6.07) is 8.08. The predicted molar refractivity (Wildman–Crippen MR) is 130 cm³/mol. The number of hydrogen-bond donors (Lipinski definition) is 3. The lowest BCUT2D eigenvalue weighted by atomic mass is 10.1. The Morgan fingerprint density at radius 2 is 2.00 bits per heavy atom. The summed E-state index contributed by atoms with van der Waals surface area (Å²) in [6.07, 6.45) is 3.69. The van der Waals surface area contributed by atoms with Crippen molar-refractivity contribution in [1.29, 1.82) is 0 Å². The molecular formula is C25H31FN6O2. The molecular weight excluding hydrogens is 435 g/mol. The van der Waals surface area contributed by atoms with E-state index in [0.29, 0.717) is 23.3 Å². The first-order valence-electron chi connectivity index (χ1n) is 11.7. The third kappa shape index (κ3) is 5.26. The molecule has 3 heterocycles. The van der Waals surface area contributed by atoms with Crippen molar-refractivity contribution in [1.82, 2.24) is 20.2 Å². The monoisotopic (exact) mass is 466 g/mol. The SMILES string of the molecule is Cc1cc(F)ccc1CNC(=O)c1nc(N2CCN(CCCCN)CC2)c2cccnc2c1O. The molecule has 0 radical (unpaired) electrons. The van der Waals surface area contributed by atoms with Gasteiger partial charge in [-0.15, -0.1) is 0 Å². The van der Waals surface area contributed by atoms with E-state index in [9.17, 15) is 14.3 Å². The first kappa shape index (κ1) is 23.8. The van der Waals surface area contributed by atoms with Crippen LogP contribution in [0.5, 0.6) is 5.75 Å². The fourth-order valence-corrected chi connectivity index (χ4v) is 4.28. The molecule has 0 aliphatic carbocycles. The van der Waals surface area contributed by atoms with E-state index in [2.05, 4.69) is 25.1 Å². The Balaban J connectivity index is 1.55. The lowest BCUT2D eigenvalue weighted by Gasteiger charge is -2.36. The van der Waals surface area contributed by atoms with Crippen LogP contribution in [0.4, 0.5) is 10.2 Å². The number of halogens is 1. The number of amides is 1. The molecule has 0 saturated carbocycles. The third-order valence-electron chi connectivity index (χ3n) is 6.27. The number of piperazine rings is 1. The van der Waals surface area contributed by atoms with Crippen LogP contribution in [0.2, 0.25) is 0 Å². The second-order valence-electron chi connectivity index (χ2n) is 8.61.